The van der Waals surface area contributed by atoms with Gasteiger partial charge in [0.05, 0.1) is 13.1 Å². The van der Waals surface area contributed by atoms with Crippen molar-refractivity contribution in [3.05, 3.63) is 36.0 Å². The molecule has 3 amide bonds. The highest BCUT2D eigenvalue weighted by Crippen LogP contribution is 2.31. The number of fused-ring (bicyclic) bond motifs is 3. The quantitative estimate of drug-likeness (QED) is 0.650. The highest BCUT2D eigenvalue weighted by molar-refractivity contribution is 6.03. The summed E-state index contributed by atoms with van der Waals surface area (Å²) in [5.74, 6) is -0.845. The second kappa shape index (κ2) is 8.65. The summed E-state index contributed by atoms with van der Waals surface area (Å²) in [5.41, 5.74) is 0.377. The Morgan fingerprint density at radius 2 is 2.00 bits per heavy atom. The van der Waals surface area contributed by atoms with Crippen LogP contribution < -0.4 is 10.6 Å². The Bertz CT molecular complexity index is 923. The van der Waals surface area contributed by atoms with E-state index in [1.807, 2.05) is 41.8 Å². The van der Waals surface area contributed by atoms with Gasteiger partial charge >= 0.3 is 0 Å². The van der Waals surface area contributed by atoms with Gasteiger partial charge in [-0.15, -0.1) is 0 Å². The summed E-state index contributed by atoms with van der Waals surface area (Å²) in [5, 5.41) is 6.38. The number of hydrogen-bond acceptors (Lipinski definition) is 4. The van der Waals surface area contributed by atoms with Crippen LogP contribution in [0.5, 0.6) is 0 Å². The highest BCUT2D eigenvalue weighted by atomic mass is 16.5. The van der Waals surface area contributed by atoms with Crippen molar-refractivity contribution < 1.29 is 19.1 Å². The smallest absolute Gasteiger partial charge is 0.271 e. The number of ether oxygens (including phenoxy) is 1. The maximum Gasteiger partial charge on any atom is 0.271 e. The van der Waals surface area contributed by atoms with Gasteiger partial charge in [-0.3, -0.25) is 14.4 Å². The summed E-state index contributed by atoms with van der Waals surface area (Å²) >= 11 is 0. The molecule has 0 aliphatic carbocycles. The molecule has 156 valence electrons. The van der Waals surface area contributed by atoms with Crippen LogP contribution >= 0.6 is 0 Å². The lowest BCUT2D eigenvalue weighted by molar-refractivity contribution is -0.134. The first-order valence-corrected chi connectivity index (χ1v) is 9.87. The molecule has 3 rings (SSSR count). The molecule has 8 nitrogen and oxygen atoms in total. The van der Waals surface area contributed by atoms with E-state index >= 15 is 0 Å². The molecule has 1 atom stereocenters. The molecule has 0 saturated carbocycles. The molecule has 0 fully saturated rings. The minimum absolute atomic E-state index is 0.135. The standard InChI is InChI=1S/C21H28N4O4/c1-4-29-11-7-10-22-18(26)13-23-20(28)21(2)14-25-16-9-6-5-8-15(16)12-17(25)19(27)24(21)3/h5-6,8-9,12H,4,7,10-11,13-14H2,1-3H3,(H,22,26)(H,23,28)/t21-/m1/s1. The highest BCUT2D eigenvalue weighted by Gasteiger charge is 2.45. The Labute approximate surface area is 170 Å². The molecule has 29 heavy (non-hydrogen) atoms. The predicted octanol–water partition coefficient (Wildman–Crippen LogP) is 1.14. The molecule has 0 bridgehead atoms. The molecular formula is C21H28N4O4. The van der Waals surface area contributed by atoms with E-state index < -0.39 is 5.54 Å². The first-order valence-electron chi connectivity index (χ1n) is 9.87. The van der Waals surface area contributed by atoms with Crippen LogP contribution in [0.1, 0.15) is 30.8 Å². The number of carbonyl (C=O) groups is 3. The van der Waals surface area contributed by atoms with Gasteiger partial charge in [0, 0.05) is 37.7 Å². The zero-order valence-electron chi connectivity index (χ0n) is 17.2. The van der Waals surface area contributed by atoms with Crippen molar-refractivity contribution in [3.8, 4) is 0 Å². The van der Waals surface area contributed by atoms with Crippen molar-refractivity contribution in [1.29, 1.82) is 0 Å². The monoisotopic (exact) mass is 400 g/mol. The van der Waals surface area contributed by atoms with E-state index in [0.717, 1.165) is 10.9 Å². The predicted molar refractivity (Wildman–Crippen MR) is 110 cm³/mol. The molecular weight excluding hydrogens is 372 g/mol. The molecule has 1 aliphatic heterocycles. The van der Waals surface area contributed by atoms with E-state index in [-0.39, 0.29) is 24.3 Å². The van der Waals surface area contributed by atoms with Crippen molar-refractivity contribution >= 4 is 28.6 Å². The van der Waals surface area contributed by atoms with Crippen LogP contribution in [0.4, 0.5) is 0 Å². The summed E-state index contributed by atoms with van der Waals surface area (Å²) in [6.07, 6.45) is 0.714. The van der Waals surface area contributed by atoms with Crippen molar-refractivity contribution in [3.63, 3.8) is 0 Å². The van der Waals surface area contributed by atoms with Gasteiger partial charge in [0.15, 0.2) is 0 Å². The molecule has 2 N–H and O–H groups in total. The molecule has 1 aliphatic rings. The third-order valence-electron chi connectivity index (χ3n) is 5.43. The summed E-state index contributed by atoms with van der Waals surface area (Å²) in [6.45, 7) is 5.54. The molecule has 1 aromatic carbocycles. The Kier molecular flexibility index (Phi) is 6.22. The lowest BCUT2D eigenvalue weighted by Crippen LogP contribution is -2.63. The third kappa shape index (κ3) is 4.12. The van der Waals surface area contributed by atoms with Gasteiger partial charge in [-0.1, -0.05) is 18.2 Å². The normalized spacial score (nSPS) is 18.6. The van der Waals surface area contributed by atoms with Gasteiger partial charge in [0.2, 0.25) is 11.8 Å². The van der Waals surface area contributed by atoms with Crippen LogP contribution in [0.3, 0.4) is 0 Å². The number of rotatable bonds is 8. The zero-order chi connectivity index (χ0) is 21.0. The maximum absolute atomic E-state index is 12.9. The number of likely N-dealkylation sites (N-methyl/N-ethyl adjacent to an activating group) is 1. The van der Waals surface area contributed by atoms with Gasteiger partial charge in [-0.05, 0) is 32.4 Å². The number of carbonyl (C=O) groups excluding carboxylic acids is 3. The summed E-state index contributed by atoms with van der Waals surface area (Å²) in [7, 11) is 1.62. The van der Waals surface area contributed by atoms with Gasteiger partial charge < -0.3 is 24.8 Å². The van der Waals surface area contributed by atoms with Crippen LogP contribution in [-0.2, 0) is 20.9 Å². The molecule has 0 radical (unpaired) electrons. The minimum Gasteiger partial charge on any atom is -0.382 e. The number of para-hydroxylation sites is 1. The molecule has 1 aromatic heterocycles. The van der Waals surface area contributed by atoms with Crippen molar-refractivity contribution in [2.75, 3.05) is 33.4 Å². The van der Waals surface area contributed by atoms with Crippen LogP contribution in [0, 0.1) is 0 Å². The third-order valence-corrected chi connectivity index (χ3v) is 5.43. The fourth-order valence-corrected chi connectivity index (χ4v) is 3.55. The fourth-order valence-electron chi connectivity index (χ4n) is 3.55. The summed E-state index contributed by atoms with van der Waals surface area (Å²) in [4.78, 5) is 39.3. The number of nitrogens with one attached hydrogen (secondary N) is 2. The van der Waals surface area contributed by atoms with E-state index in [1.165, 1.54) is 4.90 Å². The van der Waals surface area contributed by atoms with E-state index in [4.69, 9.17) is 4.74 Å². The molecule has 0 spiro atoms. The largest absolute Gasteiger partial charge is 0.382 e. The van der Waals surface area contributed by atoms with Gasteiger partial charge in [0.1, 0.15) is 11.2 Å². The van der Waals surface area contributed by atoms with Crippen LogP contribution in [-0.4, -0.2) is 66.1 Å². The van der Waals surface area contributed by atoms with E-state index in [0.29, 0.717) is 38.4 Å². The van der Waals surface area contributed by atoms with Gasteiger partial charge in [-0.2, -0.15) is 0 Å². The Morgan fingerprint density at radius 3 is 2.76 bits per heavy atom. The Morgan fingerprint density at radius 1 is 1.24 bits per heavy atom. The average Bonchev–Trinajstić information content (AvgIpc) is 3.08. The summed E-state index contributed by atoms with van der Waals surface area (Å²) < 4.78 is 7.10. The lowest BCUT2D eigenvalue weighted by atomic mass is 9.95. The molecule has 2 heterocycles. The van der Waals surface area contributed by atoms with Crippen molar-refractivity contribution in [2.24, 2.45) is 0 Å². The average molecular weight is 400 g/mol. The SMILES string of the molecule is CCOCCCNC(=O)CNC(=O)[C@@]1(C)Cn2c(cc3ccccc32)C(=O)N1C. The Balaban J connectivity index is 1.65. The Hall–Kier alpha value is -2.87. The van der Waals surface area contributed by atoms with Crippen LogP contribution in [0.2, 0.25) is 0 Å². The van der Waals surface area contributed by atoms with Crippen molar-refractivity contribution in [2.45, 2.75) is 32.4 Å². The first-order chi connectivity index (χ1) is 13.9. The number of amides is 3. The van der Waals surface area contributed by atoms with Gasteiger partial charge in [-0.25, -0.2) is 0 Å². The van der Waals surface area contributed by atoms with Crippen molar-refractivity contribution in [1.82, 2.24) is 20.1 Å². The molecule has 0 saturated heterocycles. The van der Waals surface area contributed by atoms with Crippen LogP contribution in [0.25, 0.3) is 10.9 Å². The molecule has 2 aromatic rings. The lowest BCUT2D eigenvalue weighted by Gasteiger charge is -2.41. The number of aromatic nitrogens is 1. The molecule has 0 unspecified atom stereocenters. The number of hydrogen-bond donors (Lipinski definition) is 2. The first kappa shape index (κ1) is 20.9. The van der Waals surface area contributed by atoms with E-state index in [1.54, 1.807) is 14.0 Å². The summed E-state index contributed by atoms with van der Waals surface area (Å²) in [6, 6.07) is 9.56. The second-order valence-corrected chi connectivity index (χ2v) is 7.40. The van der Waals surface area contributed by atoms with Gasteiger partial charge in [0.25, 0.3) is 5.91 Å². The second-order valence-electron chi connectivity index (χ2n) is 7.40. The van der Waals surface area contributed by atoms with E-state index in [2.05, 4.69) is 10.6 Å². The zero-order valence-corrected chi connectivity index (χ0v) is 17.2. The number of benzene rings is 1. The topological polar surface area (TPSA) is 92.7 Å². The fraction of sp³-hybridized carbons (Fsp3) is 0.476. The number of nitrogens with zero attached hydrogens (tertiary/aromatic N) is 2. The van der Waals surface area contributed by atoms with Crippen LogP contribution in [0.15, 0.2) is 30.3 Å². The molecule has 8 heteroatoms. The maximum atomic E-state index is 12.9. The minimum atomic E-state index is -1.10. The van der Waals surface area contributed by atoms with E-state index in [9.17, 15) is 14.4 Å².